The fourth-order valence-corrected chi connectivity index (χ4v) is 3.42. The van der Waals surface area contributed by atoms with Crippen LogP contribution < -0.4 is 9.47 Å². The predicted molar refractivity (Wildman–Crippen MR) is 116 cm³/mol. The summed E-state index contributed by atoms with van der Waals surface area (Å²) >= 11 is 0. The van der Waals surface area contributed by atoms with Crippen molar-refractivity contribution in [2.24, 2.45) is 0 Å². The van der Waals surface area contributed by atoms with E-state index in [9.17, 15) is 15.0 Å². The number of nitrogens with one attached hydrogen (secondary N) is 1. The maximum Gasteiger partial charge on any atom is 0.336 e. The highest BCUT2D eigenvalue weighted by molar-refractivity contribution is 6.08. The third kappa shape index (κ3) is 3.75. The van der Waals surface area contributed by atoms with Crippen LogP contribution in [0.3, 0.4) is 0 Å². The van der Waals surface area contributed by atoms with Gasteiger partial charge in [0.15, 0.2) is 17.1 Å². The van der Waals surface area contributed by atoms with Crippen molar-refractivity contribution in [3.05, 3.63) is 54.1 Å². The Bertz CT molecular complexity index is 1250. The van der Waals surface area contributed by atoms with E-state index in [1.807, 2.05) is 38.1 Å². The molecule has 0 unspecified atom stereocenters. The third-order valence-electron chi connectivity index (χ3n) is 4.78. The molecule has 0 fully saturated rings. The smallest absolute Gasteiger partial charge is 0.336 e. The number of nitrogens with zero attached hydrogens (tertiary/aromatic N) is 2. The number of fused-ring (bicyclic) bond motifs is 1. The second kappa shape index (κ2) is 8.35. The molecule has 2 aromatic heterocycles. The lowest BCUT2D eigenvalue weighted by molar-refractivity contribution is 0.0699. The van der Waals surface area contributed by atoms with E-state index in [1.54, 1.807) is 18.2 Å². The van der Waals surface area contributed by atoms with Gasteiger partial charge in [0.1, 0.15) is 5.75 Å². The highest BCUT2D eigenvalue weighted by Gasteiger charge is 2.21. The number of para-hydroxylation sites is 1. The lowest BCUT2D eigenvalue weighted by atomic mass is 10.0. The van der Waals surface area contributed by atoms with Crippen LogP contribution in [0.15, 0.2) is 48.5 Å². The van der Waals surface area contributed by atoms with E-state index in [2.05, 4.69) is 15.2 Å². The minimum Gasteiger partial charge on any atom is -0.504 e. The SMILES string of the molecule is CCOc1ccc(-c2[nH]nc3nc(-c4cccc(OCC)c4O)cc(C(=O)O)c23)cc1. The van der Waals surface area contributed by atoms with Gasteiger partial charge in [-0.2, -0.15) is 5.10 Å². The van der Waals surface area contributed by atoms with Gasteiger partial charge in [0.25, 0.3) is 0 Å². The van der Waals surface area contributed by atoms with Gasteiger partial charge in [-0.05, 0) is 56.3 Å². The molecule has 0 saturated heterocycles. The molecule has 0 spiro atoms. The quantitative estimate of drug-likeness (QED) is 0.404. The summed E-state index contributed by atoms with van der Waals surface area (Å²) in [7, 11) is 0. The maximum atomic E-state index is 12.1. The number of rotatable bonds is 7. The number of aromatic nitrogens is 3. The summed E-state index contributed by atoms with van der Waals surface area (Å²) in [6.45, 7) is 4.65. The van der Waals surface area contributed by atoms with Gasteiger partial charge in [0.05, 0.1) is 35.6 Å². The van der Waals surface area contributed by atoms with Crippen molar-refractivity contribution in [1.29, 1.82) is 0 Å². The molecule has 0 aliphatic heterocycles. The minimum absolute atomic E-state index is 0.0267. The Morgan fingerprint density at radius 1 is 1.06 bits per heavy atom. The van der Waals surface area contributed by atoms with Gasteiger partial charge < -0.3 is 19.7 Å². The zero-order valence-corrected chi connectivity index (χ0v) is 17.0. The molecule has 8 heteroatoms. The van der Waals surface area contributed by atoms with Crippen molar-refractivity contribution < 1.29 is 24.5 Å². The largest absolute Gasteiger partial charge is 0.504 e. The second-order valence-electron chi connectivity index (χ2n) is 6.70. The van der Waals surface area contributed by atoms with Gasteiger partial charge in [0.2, 0.25) is 0 Å². The van der Waals surface area contributed by atoms with Crippen molar-refractivity contribution in [3.8, 4) is 39.8 Å². The Morgan fingerprint density at radius 2 is 1.81 bits per heavy atom. The van der Waals surface area contributed by atoms with E-state index in [0.29, 0.717) is 35.6 Å². The first kappa shape index (κ1) is 20.2. The molecule has 0 atom stereocenters. The van der Waals surface area contributed by atoms with Gasteiger partial charge >= 0.3 is 5.97 Å². The summed E-state index contributed by atoms with van der Waals surface area (Å²) < 4.78 is 10.9. The first-order chi connectivity index (χ1) is 15.0. The molecule has 0 amide bonds. The van der Waals surface area contributed by atoms with Crippen molar-refractivity contribution in [1.82, 2.24) is 15.2 Å². The molecule has 0 saturated carbocycles. The molecule has 2 heterocycles. The van der Waals surface area contributed by atoms with Crippen LogP contribution in [0.5, 0.6) is 17.2 Å². The van der Waals surface area contributed by atoms with Gasteiger partial charge in [-0.3, -0.25) is 5.10 Å². The van der Waals surface area contributed by atoms with Crippen LogP contribution >= 0.6 is 0 Å². The number of carboxylic acid groups (broad SMARTS) is 1. The molecule has 158 valence electrons. The lowest BCUT2D eigenvalue weighted by Crippen LogP contribution is -2.01. The molecule has 4 rings (SSSR count). The van der Waals surface area contributed by atoms with E-state index in [1.165, 1.54) is 6.07 Å². The molecule has 0 aliphatic rings. The van der Waals surface area contributed by atoms with Gasteiger partial charge in [-0.15, -0.1) is 0 Å². The van der Waals surface area contributed by atoms with E-state index >= 15 is 0 Å². The predicted octanol–water partition coefficient (Wildman–Crippen LogP) is 4.49. The molecule has 8 nitrogen and oxygen atoms in total. The van der Waals surface area contributed by atoms with Crippen molar-refractivity contribution in [2.45, 2.75) is 13.8 Å². The fraction of sp³-hybridized carbons (Fsp3) is 0.174. The number of carbonyl (C=O) groups is 1. The van der Waals surface area contributed by atoms with Crippen molar-refractivity contribution in [3.63, 3.8) is 0 Å². The molecule has 2 aromatic carbocycles. The van der Waals surface area contributed by atoms with Gasteiger partial charge in [-0.25, -0.2) is 9.78 Å². The van der Waals surface area contributed by atoms with Gasteiger partial charge in [-0.1, -0.05) is 6.07 Å². The first-order valence-electron chi connectivity index (χ1n) is 9.84. The van der Waals surface area contributed by atoms with E-state index < -0.39 is 5.97 Å². The number of ether oxygens (including phenoxy) is 2. The molecular formula is C23H21N3O5. The van der Waals surface area contributed by atoms with Crippen molar-refractivity contribution >= 4 is 17.0 Å². The summed E-state index contributed by atoms with van der Waals surface area (Å²) in [6.07, 6.45) is 0. The third-order valence-corrected chi connectivity index (χ3v) is 4.78. The average molecular weight is 419 g/mol. The van der Waals surface area contributed by atoms with Crippen molar-refractivity contribution in [2.75, 3.05) is 13.2 Å². The Labute approximate surface area is 178 Å². The lowest BCUT2D eigenvalue weighted by Gasteiger charge is -2.11. The number of hydrogen-bond donors (Lipinski definition) is 3. The molecule has 0 bridgehead atoms. The number of aromatic hydroxyl groups is 1. The highest BCUT2D eigenvalue weighted by atomic mass is 16.5. The molecule has 0 radical (unpaired) electrons. The second-order valence-corrected chi connectivity index (χ2v) is 6.70. The van der Waals surface area contributed by atoms with Crippen LogP contribution in [0.2, 0.25) is 0 Å². The Kier molecular flexibility index (Phi) is 5.44. The topological polar surface area (TPSA) is 118 Å². The van der Waals surface area contributed by atoms with Crippen LogP contribution in [0.25, 0.3) is 33.5 Å². The van der Waals surface area contributed by atoms with E-state index in [-0.39, 0.29) is 22.7 Å². The monoisotopic (exact) mass is 419 g/mol. The number of phenolic OH excluding ortho intramolecular Hbond substituents is 1. The summed E-state index contributed by atoms with van der Waals surface area (Å²) in [5.41, 5.74) is 2.21. The fourth-order valence-electron chi connectivity index (χ4n) is 3.42. The number of hydrogen-bond acceptors (Lipinski definition) is 6. The molecular weight excluding hydrogens is 398 g/mol. The zero-order valence-electron chi connectivity index (χ0n) is 17.0. The first-order valence-corrected chi connectivity index (χ1v) is 9.84. The minimum atomic E-state index is -1.12. The Balaban J connectivity index is 1.86. The molecule has 4 aromatic rings. The number of carboxylic acids is 1. The summed E-state index contributed by atoms with van der Waals surface area (Å²) in [5.74, 6) is -0.202. The number of pyridine rings is 1. The normalized spacial score (nSPS) is 10.9. The highest BCUT2D eigenvalue weighted by Crippen LogP contribution is 2.38. The standard InChI is InChI=1S/C23H21N3O5/c1-3-30-14-10-8-13(9-11-14)20-19-16(23(28)29)12-17(24-22(19)26-25-20)15-6-5-7-18(21(15)27)31-4-2/h5-12,27H,3-4H2,1-2H3,(H,28,29)(H,24,25,26). The van der Waals surface area contributed by atoms with Crippen LogP contribution in [0.4, 0.5) is 0 Å². The van der Waals surface area contributed by atoms with E-state index in [0.717, 1.165) is 11.3 Å². The van der Waals surface area contributed by atoms with Crippen LogP contribution in [0, 0.1) is 0 Å². The van der Waals surface area contributed by atoms with Gasteiger partial charge in [0, 0.05) is 11.1 Å². The Hall–Kier alpha value is -4.07. The summed E-state index contributed by atoms with van der Waals surface area (Å²) in [5, 5.41) is 28.0. The Morgan fingerprint density at radius 3 is 2.48 bits per heavy atom. The van der Waals surface area contributed by atoms with E-state index in [4.69, 9.17) is 9.47 Å². The number of aromatic carboxylic acids is 1. The summed E-state index contributed by atoms with van der Waals surface area (Å²) in [6, 6.07) is 13.7. The maximum absolute atomic E-state index is 12.1. The number of aromatic amines is 1. The molecule has 3 N–H and O–H groups in total. The molecule has 31 heavy (non-hydrogen) atoms. The average Bonchev–Trinajstić information content (AvgIpc) is 3.19. The number of H-pyrrole nitrogens is 1. The number of phenols is 1. The van der Waals surface area contributed by atoms with Crippen LogP contribution in [-0.2, 0) is 0 Å². The van der Waals surface area contributed by atoms with Crippen LogP contribution in [0.1, 0.15) is 24.2 Å². The molecule has 0 aliphatic carbocycles. The van der Waals surface area contributed by atoms with Crippen LogP contribution in [-0.4, -0.2) is 44.6 Å². The zero-order chi connectivity index (χ0) is 22.0. The summed E-state index contributed by atoms with van der Waals surface area (Å²) in [4.78, 5) is 16.6. The number of benzene rings is 2.